The maximum Gasteiger partial charge on any atom is 0.339 e. The van der Waals surface area contributed by atoms with E-state index >= 15 is 0 Å². The number of aromatic nitrogens is 2. The quantitative estimate of drug-likeness (QED) is 0.918. The molecule has 0 atom stereocenters. The van der Waals surface area contributed by atoms with Crippen molar-refractivity contribution in [2.24, 2.45) is 0 Å². The van der Waals surface area contributed by atoms with Crippen LogP contribution in [-0.2, 0) is 6.42 Å². The van der Waals surface area contributed by atoms with E-state index in [0.717, 1.165) is 25.1 Å². The first-order valence-electron chi connectivity index (χ1n) is 7.00. The summed E-state index contributed by atoms with van der Waals surface area (Å²) in [4.78, 5) is 21.7. The molecule has 108 valence electrons. The Morgan fingerprint density at radius 2 is 2.14 bits per heavy atom. The number of fused-ring (bicyclic) bond motifs is 1. The van der Waals surface area contributed by atoms with Gasteiger partial charge in [0.25, 0.3) is 0 Å². The standard InChI is InChI=1S/C16H17N3O2/c1-10-5-6-14-12(8-10)4-3-7-19(14)16-17-9-13(15(20)21)11(2)18-16/h5-6,8-9H,3-4,7H2,1-2H3,(H,20,21). The fraction of sp³-hybridized carbons (Fsp3) is 0.312. The van der Waals surface area contributed by atoms with Crippen molar-refractivity contribution in [3.8, 4) is 0 Å². The van der Waals surface area contributed by atoms with Crippen LogP contribution in [0, 0.1) is 13.8 Å². The zero-order valence-electron chi connectivity index (χ0n) is 12.1. The van der Waals surface area contributed by atoms with Gasteiger partial charge in [-0.1, -0.05) is 17.7 Å². The first-order chi connectivity index (χ1) is 10.1. The first-order valence-corrected chi connectivity index (χ1v) is 7.00. The Balaban J connectivity index is 2.03. The predicted octanol–water partition coefficient (Wildman–Crippen LogP) is 2.88. The summed E-state index contributed by atoms with van der Waals surface area (Å²) in [6, 6.07) is 6.36. The summed E-state index contributed by atoms with van der Waals surface area (Å²) in [5.41, 5.74) is 4.31. The van der Waals surface area contributed by atoms with Crippen molar-refractivity contribution in [3.05, 3.63) is 46.8 Å². The molecule has 1 N–H and O–H groups in total. The third kappa shape index (κ3) is 2.46. The first kappa shape index (κ1) is 13.5. The molecule has 0 aliphatic carbocycles. The molecule has 1 aliphatic heterocycles. The summed E-state index contributed by atoms with van der Waals surface area (Å²) >= 11 is 0. The highest BCUT2D eigenvalue weighted by atomic mass is 16.4. The Morgan fingerprint density at radius 1 is 1.33 bits per heavy atom. The highest BCUT2D eigenvalue weighted by Crippen LogP contribution is 2.32. The summed E-state index contributed by atoms with van der Waals surface area (Å²) in [7, 11) is 0. The highest BCUT2D eigenvalue weighted by molar-refractivity contribution is 5.88. The van der Waals surface area contributed by atoms with Gasteiger partial charge in [0.2, 0.25) is 5.95 Å². The second-order valence-electron chi connectivity index (χ2n) is 5.36. The zero-order valence-corrected chi connectivity index (χ0v) is 12.1. The SMILES string of the molecule is Cc1ccc2c(c1)CCCN2c1ncc(C(=O)O)c(C)n1. The third-order valence-electron chi connectivity index (χ3n) is 3.79. The maximum atomic E-state index is 11.1. The van der Waals surface area contributed by atoms with Gasteiger partial charge in [-0.15, -0.1) is 0 Å². The minimum absolute atomic E-state index is 0.153. The lowest BCUT2D eigenvalue weighted by Gasteiger charge is -2.30. The number of rotatable bonds is 2. The van der Waals surface area contributed by atoms with Gasteiger partial charge >= 0.3 is 5.97 Å². The van der Waals surface area contributed by atoms with E-state index in [1.807, 2.05) is 0 Å². The van der Waals surface area contributed by atoms with Gasteiger partial charge in [0.05, 0.1) is 11.3 Å². The average Bonchev–Trinajstić information content (AvgIpc) is 2.45. The molecule has 0 saturated heterocycles. The van der Waals surface area contributed by atoms with Crippen molar-refractivity contribution in [2.75, 3.05) is 11.4 Å². The predicted molar refractivity (Wildman–Crippen MR) is 80.2 cm³/mol. The highest BCUT2D eigenvalue weighted by Gasteiger charge is 2.21. The largest absolute Gasteiger partial charge is 0.478 e. The molecular formula is C16H17N3O2. The van der Waals surface area contributed by atoms with Crippen LogP contribution in [0.25, 0.3) is 0 Å². The Morgan fingerprint density at radius 3 is 2.86 bits per heavy atom. The average molecular weight is 283 g/mol. The number of benzene rings is 1. The number of carboxylic acid groups (broad SMARTS) is 1. The van der Waals surface area contributed by atoms with E-state index < -0.39 is 5.97 Å². The van der Waals surface area contributed by atoms with E-state index in [-0.39, 0.29) is 5.56 Å². The van der Waals surface area contributed by atoms with Gasteiger partial charge in [-0.2, -0.15) is 0 Å². The van der Waals surface area contributed by atoms with Crippen molar-refractivity contribution in [1.29, 1.82) is 0 Å². The molecule has 1 aliphatic rings. The zero-order chi connectivity index (χ0) is 15.0. The molecule has 0 spiro atoms. The molecule has 5 heteroatoms. The molecule has 21 heavy (non-hydrogen) atoms. The summed E-state index contributed by atoms with van der Waals surface area (Å²) in [5, 5.41) is 9.06. The lowest BCUT2D eigenvalue weighted by atomic mass is 10.00. The van der Waals surface area contributed by atoms with Crippen LogP contribution in [0.4, 0.5) is 11.6 Å². The Hall–Kier alpha value is -2.43. The molecule has 0 fully saturated rings. The van der Waals surface area contributed by atoms with Crippen molar-refractivity contribution in [2.45, 2.75) is 26.7 Å². The third-order valence-corrected chi connectivity index (χ3v) is 3.79. The second kappa shape index (κ2) is 5.16. The van der Waals surface area contributed by atoms with Crippen LogP contribution in [0.3, 0.4) is 0 Å². The molecule has 0 saturated carbocycles. The topological polar surface area (TPSA) is 66.3 Å². The Labute approximate surface area is 123 Å². The molecule has 2 heterocycles. The molecule has 1 aromatic heterocycles. The number of carboxylic acids is 1. The molecule has 3 rings (SSSR count). The Kier molecular flexibility index (Phi) is 3.33. The van der Waals surface area contributed by atoms with Gasteiger partial charge in [0, 0.05) is 18.4 Å². The summed E-state index contributed by atoms with van der Waals surface area (Å²) in [6.07, 6.45) is 3.49. The summed E-state index contributed by atoms with van der Waals surface area (Å²) < 4.78 is 0. The lowest BCUT2D eigenvalue weighted by molar-refractivity contribution is 0.0695. The maximum absolute atomic E-state index is 11.1. The summed E-state index contributed by atoms with van der Waals surface area (Å²) in [6.45, 7) is 4.64. The molecular weight excluding hydrogens is 266 g/mol. The lowest BCUT2D eigenvalue weighted by Crippen LogP contribution is -2.26. The normalized spacial score (nSPS) is 13.9. The number of hydrogen-bond acceptors (Lipinski definition) is 4. The molecule has 0 amide bonds. The number of hydrogen-bond donors (Lipinski definition) is 1. The van der Waals surface area contributed by atoms with E-state index in [9.17, 15) is 4.79 Å². The molecule has 5 nitrogen and oxygen atoms in total. The smallest absolute Gasteiger partial charge is 0.339 e. The van der Waals surface area contributed by atoms with Crippen LogP contribution >= 0.6 is 0 Å². The van der Waals surface area contributed by atoms with Crippen LogP contribution in [0.5, 0.6) is 0 Å². The van der Waals surface area contributed by atoms with Crippen molar-refractivity contribution in [1.82, 2.24) is 9.97 Å². The van der Waals surface area contributed by atoms with Crippen LogP contribution in [0.2, 0.25) is 0 Å². The van der Waals surface area contributed by atoms with Crippen molar-refractivity contribution < 1.29 is 9.90 Å². The number of aromatic carboxylic acids is 1. The van der Waals surface area contributed by atoms with Gasteiger partial charge in [-0.3, -0.25) is 0 Å². The van der Waals surface area contributed by atoms with Crippen molar-refractivity contribution in [3.63, 3.8) is 0 Å². The minimum Gasteiger partial charge on any atom is -0.478 e. The summed E-state index contributed by atoms with van der Waals surface area (Å²) in [5.74, 6) is -0.420. The minimum atomic E-state index is -0.992. The van der Waals surface area contributed by atoms with E-state index in [2.05, 4.69) is 40.0 Å². The van der Waals surface area contributed by atoms with Gasteiger partial charge < -0.3 is 10.0 Å². The van der Waals surface area contributed by atoms with E-state index in [0.29, 0.717) is 11.6 Å². The fourth-order valence-electron chi connectivity index (χ4n) is 2.73. The monoisotopic (exact) mass is 283 g/mol. The number of carbonyl (C=O) groups is 1. The van der Waals surface area contributed by atoms with Crippen LogP contribution < -0.4 is 4.90 Å². The fourth-order valence-corrected chi connectivity index (χ4v) is 2.73. The van der Waals surface area contributed by atoms with Gasteiger partial charge in [0.15, 0.2) is 0 Å². The van der Waals surface area contributed by atoms with E-state index in [1.54, 1.807) is 6.92 Å². The van der Waals surface area contributed by atoms with Crippen LogP contribution in [0.15, 0.2) is 24.4 Å². The van der Waals surface area contributed by atoms with Gasteiger partial charge in [-0.05, 0) is 38.3 Å². The number of anilines is 2. The molecule has 2 aromatic rings. The van der Waals surface area contributed by atoms with E-state index in [1.165, 1.54) is 17.3 Å². The van der Waals surface area contributed by atoms with Gasteiger partial charge in [-0.25, -0.2) is 14.8 Å². The molecule has 0 unspecified atom stereocenters. The number of aryl methyl sites for hydroxylation is 3. The van der Waals surface area contributed by atoms with Crippen molar-refractivity contribution >= 4 is 17.6 Å². The van der Waals surface area contributed by atoms with E-state index in [4.69, 9.17) is 5.11 Å². The van der Waals surface area contributed by atoms with Crippen LogP contribution in [-0.4, -0.2) is 27.6 Å². The van der Waals surface area contributed by atoms with Gasteiger partial charge in [0.1, 0.15) is 0 Å². The molecule has 0 radical (unpaired) electrons. The number of nitrogens with zero attached hydrogens (tertiary/aromatic N) is 3. The second-order valence-corrected chi connectivity index (χ2v) is 5.36. The Bertz CT molecular complexity index is 713. The van der Waals surface area contributed by atoms with Crippen LogP contribution in [0.1, 0.15) is 33.6 Å². The molecule has 1 aromatic carbocycles. The molecule has 0 bridgehead atoms.